The van der Waals surface area contributed by atoms with E-state index in [1.807, 2.05) is 50.2 Å². The van der Waals surface area contributed by atoms with Gasteiger partial charge < -0.3 is 15.0 Å². The summed E-state index contributed by atoms with van der Waals surface area (Å²) in [6.45, 7) is 8.06. The fourth-order valence-electron chi connectivity index (χ4n) is 3.02. The molecule has 2 rings (SSSR count). The Morgan fingerprint density at radius 1 is 1.07 bits per heavy atom. The number of hydrogen-bond donors (Lipinski definition) is 1. The highest BCUT2D eigenvalue weighted by Gasteiger charge is 2.26. The fraction of sp³-hybridized carbons (Fsp3) is 0.417. The van der Waals surface area contributed by atoms with Crippen LogP contribution in [-0.2, 0) is 21.9 Å². The lowest BCUT2D eigenvalue weighted by Crippen LogP contribution is -2.49. The van der Waals surface area contributed by atoms with Crippen molar-refractivity contribution in [3.8, 4) is 5.75 Å². The number of aryl methyl sites for hydroxylation is 1. The van der Waals surface area contributed by atoms with E-state index in [2.05, 4.69) is 24.4 Å². The number of ether oxygens (including phenoxy) is 1. The molecule has 2 aromatic carbocycles. The maximum atomic E-state index is 13.1. The third-order valence-electron chi connectivity index (χ3n) is 4.85. The van der Waals surface area contributed by atoms with Gasteiger partial charge in [0.25, 0.3) is 0 Å². The highest BCUT2D eigenvalue weighted by molar-refractivity contribution is 7.99. The van der Waals surface area contributed by atoms with Crippen LogP contribution in [0.1, 0.15) is 37.5 Å². The molecule has 0 fully saturated rings. The van der Waals surface area contributed by atoms with Crippen LogP contribution in [0.5, 0.6) is 5.75 Å². The molecule has 0 aliphatic carbocycles. The van der Waals surface area contributed by atoms with Crippen LogP contribution in [-0.4, -0.2) is 41.7 Å². The van der Waals surface area contributed by atoms with E-state index in [-0.39, 0.29) is 17.9 Å². The van der Waals surface area contributed by atoms with Gasteiger partial charge in [0.2, 0.25) is 11.8 Å². The molecule has 0 saturated carbocycles. The third kappa shape index (κ3) is 7.10. The number of nitrogens with zero attached hydrogens (tertiary/aromatic N) is 1. The highest BCUT2D eigenvalue weighted by Crippen LogP contribution is 2.19. The van der Waals surface area contributed by atoms with Gasteiger partial charge >= 0.3 is 0 Å². The summed E-state index contributed by atoms with van der Waals surface area (Å²) in [6, 6.07) is 15.2. The number of rotatable bonds is 10. The predicted molar refractivity (Wildman–Crippen MR) is 124 cm³/mol. The zero-order valence-corrected chi connectivity index (χ0v) is 19.3. The Kier molecular flexibility index (Phi) is 9.24. The van der Waals surface area contributed by atoms with Gasteiger partial charge in [0.05, 0.1) is 12.9 Å². The molecule has 0 spiro atoms. The van der Waals surface area contributed by atoms with Crippen LogP contribution in [0.4, 0.5) is 0 Å². The maximum absolute atomic E-state index is 13.1. The van der Waals surface area contributed by atoms with Crippen LogP contribution in [0.2, 0.25) is 0 Å². The van der Waals surface area contributed by atoms with Gasteiger partial charge in [0.15, 0.2) is 0 Å². The molecule has 0 heterocycles. The molecule has 2 aromatic rings. The highest BCUT2D eigenvalue weighted by atomic mass is 32.2. The molecule has 6 heteroatoms. The first-order chi connectivity index (χ1) is 14.3. The van der Waals surface area contributed by atoms with Crippen molar-refractivity contribution in [1.29, 1.82) is 0 Å². The average molecular weight is 429 g/mol. The predicted octanol–water partition coefficient (Wildman–Crippen LogP) is 4.18. The van der Waals surface area contributed by atoms with Gasteiger partial charge in [-0.15, -0.1) is 11.8 Å². The van der Waals surface area contributed by atoms with Crippen molar-refractivity contribution in [2.75, 3.05) is 12.9 Å². The summed E-state index contributed by atoms with van der Waals surface area (Å²) in [6.07, 6.45) is 0. The number of nitrogens with one attached hydrogen (secondary N) is 1. The molecular weight excluding hydrogens is 396 g/mol. The monoisotopic (exact) mass is 428 g/mol. The normalized spacial score (nSPS) is 11.8. The zero-order valence-electron chi connectivity index (χ0n) is 18.5. The molecule has 0 aliphatic rings. The fourth-order valence-corrected chi connectivity index (χ4v) is 4.00. The van der Waals surface area contributed by atoms with Crippen molar-refractivity contribution in [1.82, 2.24) is 10.2 Å². The van der Waals surface area contributed by atoms with Crippen molar-refractivity contribution in [2.45, 2.75) is 52.1 Å². The molecule has 5 nitrogen and oxygen atoms in total. The van der Waals surface area contributed by atoms with Crippen molar-refractivity contribution in [3.63, 3.8) is 0 Å². The Balaban J connectivity index is 2.08. The minimum Gasteiger partial charge on any atom is -0.497 e. The van der Waals surface area contributed by atoms with E-state index < -0.39 is 6.04 Å². The van der Waals surface area contributed by atoms with Gasteiger partial charge in [-0.1, -0.05) is 36.4 Å². The number of amides is 2. The summed E-state index contributed by atoms with van der Waals surface area (Å²) >= 11 is 1.57. The summed E-state index contributed by atoms with van der Waals surface area (Å²) in [7, 11) is 1.62. The van der Waals surface area contributed by atoms with Crippen molar-refractivity contribution >= 4 is 23.6 Å². The third-order valence-corrected chi connectivity index (χ3v) is 5.82. The van der Waals surface area contributed by atoms with Gasteiger partial charge in [-0.25, -0.2) is 0 Å². The van der Waals surface area contributed by atoms with Crippen LogP contribution in [0, 0.1) is 6.92 Å². The number of methoxy groups -OCH3 is 1. The number of thioether (sulfide) groups is 1. The van der Waals surface area contributed by atoms with Gasteiger partial charge in [0, 0.05) is 18.3 Å². The SMILES string of the molecule is COc1ccc(CN(C(=O)CSCc2ccccc2C)[C@H](C)C(=O)NC(C)C)cc1. The molecular formula is C24H32N2O3S. The quantitative estimate of drug-likeness (QED) is 0.617. The Morgan fingerprint density at radius 2 is 1.73 bits per heavy atom. The molecule has 1 N–H and O–H groups in total. The zero-order chi connectivity index (χ0) is 22.1. The van der Waals surface area contributed by atoms with Crippen LogP contribution in [0.25, 0.3) is 0 Å². The topological polar surface area (TPSA) is 58.6 Å². The van der Waals surface area contributed by atoms with Gasteiger partial charge in [-0.2, -0.15) is 0 Å². The molecule has 0 unspecified atom stereocenters. The Bertz CT molecular complexity index is 837. The Labute approximate surface area is 184 Å². The summed E-state index contributed by atoms with van der Waals surface area (Å²) in [5.41, 5.74) is 3.40. The van der Waals surface area contributed by atoms with Gasteiger partial charge in [-0.05, 0) is 56.5 Å². The van der Waals surface area contributed by atoms with Gasteiger partial charge in [0.1, 0.15) is 11.8 Å². The van der Waals surface area contributed by atoms with Crippen molar-refractivity contribution in [3.05, 3.63) is 65.2 Å². The lowest BCUT2D eigenvalue weighted by atomic mass is 10.1. The molecule has 2 amide bonds. The first-order valence-electron chi connectivity index (χ1n) is 10.2. The number of carbonyl (C=O) groups is 2. The number of benzene rings is 2. The summed E-state index contributed by atoms with van der Waals surface area (Å²) < 4.78 is 5.21. The van der Waals surface area contributed by atoms with Crippen LogP contribution in [0.15, 0.2) is 48.5 Å². The molecule has 0 bridgehead atoms. The summed E-state index contributed by atoms with van der Waals surface area (Å²) in [4.78, 5) is 27.3. The van der Waals surface area contributed by atoms with E-state index >= 15 is 0 Å². The standard InChI is InChI=1S/C24H32N2O3S/c1-17(2)25-24(28)19(4)26(14-20-10-12-22(29-5)13-11-20)23(27)16-30-15-21-9-7-6-8-18(21)3/h6-13,17,19H,14-16H2,1-5H3,(H,25,28)/t19-/m1/s1. The summed E-state index contributed by atoms with van der Waals surface area (Å²) in [5, 5.41) is 2.91. The molecule has 0 aliphatic heterocycles. The molecule has 30 heavy (non-hydrogen) atoms. The first kappa shape index (κ1) is 23.8. The van der Waals surface area contributed by atoms with Crippen molar-refractivity contribution < 1.29 is 14.3 Å². The van der Waals surface area contributed by atoms with E-state index in [9.17, 15) is 9.59 Å². The maximum Gasteiger partial charge on any atom is 0.242 e. The molecule has 0 aromatic heterocycles. The molecule has 162 valence electrons. The number of hydrogen-bond acceptors (Lipinski definition) is 4. The smallest absolute Gasteiger partial charge is 0.242 e. The van der Waals surface area contributed by atoms with E-state index in [1.54, 1.807) is 30.7 Å². The lowest BCUT2D eigenvalue weighted by molar-refractivity contribution is -0.138. The van der Waals surface area contributed by atoms with Crippen molar-refractivity contribution in [2.24, 2.45) is 0 Å². The second kappa shape index (κ2) is 11.6. The van der Waals surface area contributed by atoms with Gasteiger partial charge in [-0.3, -0.25) is 9.59 Å². The van der Waals surface area contributed by atoms with E-state index in [0.717, 1.165) is 17.1 Å². The largest absolute Gasteiger partial charge is 0.497 e. The van der Waals surface area contributed by atoms with E-state index in [1.165, 1.54) is 11.1 Å². The van der Waals surface area contributed by atoms with Crippen LogP contribution in [0.3, 0.4) is 0 Å². The molecule has 0 saturated heterocycles. The minimum atomic E-state index is -0.555. The number of carbonyl (C=O) groups excluding carboxylic acids is 2. The first-order valence-corrected chi connectivity index (χ1v) is 11.3. The Hall–Kier alpha value is -2.47. The Morgan fingerprint density at radius 3 is 2.33 bits per heavy atom. The van der Waals surface area contributed by atoms with E-state index in [0.29, 0.717) is 12.3 Å². The summed E-state index contributed by atoms with van der Waals surface area (Å²) in [5.74, 6) is 1.66. The molecule has 1 atom stereocenters. The minimum absolute atomic E-state index is 0.0216. The lowest BCUT2D eigenvalue weighted by Gasteiger charge is -2.29. The second-order valence-electron chi connectivity index (χ2n) is 7.63. The second-order valence-corrected chi connectivity index (χ2v) is 8.61. The van der Waals surface area contributed by atoms with E-state index in [4.69, 9.17) is 4.74 Å². The van der Waals surface area contributed by atoms with Crippen LogP contribution < -0.4 is 10.1 Å². The van der Waals surface area contributed by atoms with Crippen LogP contribution >= 0.6 is 11.8 Å². The molecule has 0 radical (unpaired) electrons. The average Bonchev–Trinajstić information content (AvgIpc) is 2.72.